The van der Waals surface area contributed by atoms with Crippen LogP contribution in [0.1, 0.15) is 25.8 Å². The summed E-state index contributed by atoms with van der Waals surface area (Å²) in [6.07, 6.45) is 2.44. The van der Waals surface area contributed by atoms with E-state index in [1.807, 2.05) is 19.9 Å². The van der Waals surface area contributed by atoms with Crippen LogP contribution >= 0.6 is 0 Å². The molecule has 3 N–H and O–H groups in total. The lowest BCUT2D eigenvalue weighted by molar-refractivity contribution is 0.244. The number of nitrogen functional groups attached to an aromatic ring is 1. The van der Waals surface area contributed by atoms with Crippen LogP contribution in [0.25, 0.3) is 0 Å². The molecule has 0 amide bonds. The maximum Gasteiger partial charge on any atom is 0.165 e. The third-order valence-corrected chi connectivity index (χ3v) is 2.55. The Morgan fingerprint density at radius 3 is 2.93 bits per heavy atom. The van der Waals surface area contributed by atoms with Gasteiger partial charge in [-0.2, -0.15) is 0 Å². The Morgan fingerprint density at radius 2 is 2.20 bits per heavy atom. The molecule has 0 aliphatic carbocycles. The topological polar surface area (TPSA) is 47.3 Å². The van der Waals surface area contributed by atoms with E-state index in [4.69, 9.17) is 10.5 Å². The van der Waals surface area contributed by atoms with E-state index in [0.717, 1.165) is 30.1 Å². The molecule has 1 aromatic rings. The molecule has 0 saturated heterocycles. The third-order valence-electron chi connectivity index (χ3n) is 2.55. The number of anilines is 2. The molecule has 1 aliphatic rings. The standard InChI is InChI=1S/C12H18N2O/c1-8(2)15-12-10(13)6-5-9-4-3-7-14-11(9)12/h5-6,8,14H,3-4,7,13H2,1-2H3. The van der Waals surface area contributed by atoms with Gasteiger partial charge >= 0.3 is 0 Å². The fourth-order valence-electron chi connectivity index (χ4n) is 1.90. The fourth-order valence-corrected chi connectivity index (χ4v) is 1.90. The molecule has 3 nitrogen and oxygen atoms in total. The van der Waals surface area contributed by atoms with Crippen molar-refractivity contribution >= 4 is 11.4 Å². The summed E-state index contributed by atoms with van der Waals surface area (Å²) in [6, 6.07) is 4.02. The first-order chi connectivity index (χ1) is 7.18. The highest BCUT2D eigenvalue weighted by atomic mass is 16.5. The minimum absolute atomic E-state index is 0.155. The van der Waals surface area contributed by atoms with Crippen LogP contribution in [0.3, 0.4) is 0 Å². The van der Waals surface area contributed by atoms with Gasteiger partial charge in [-0.05, 0) is 38.3 Å². The number of fused-ring (bicyclic) bond motifs is 1. The van der Waals surface area contributed by atoms with Crippen molar-refractivity contribution in [3.63, 3.8) is 0 Å². The maximum absolute atomic E-state index is 5.93. The molecule has 0 unspecified atom stereocenters. The first-order valence-electron chi connectivity index (χ1n) is 5.50. The largest absolute Gasteiger partial charge is 0.487 e. The number of ether oxygens (including phenoxy) is 1. The molecule has 2 rings (SSSR count). The van der Waals surface area contributed by atoms with Gasteiger partial charge in [0.15, 0.2) is 5.75 Å². The van der Waals surface area contributed by atoms with Crippen molar-refractivity contribution < 1.29 is 4.74 Å². The second-order valence-electron chi connectivity index (χ2n) is 4.21. The van der Waals surface area contributed by atoms with Crippen molar-refractivity contribution in [1.82, 2.24) is 0 Å². The molecule has 15 heavy (non-hydrogen) atoms. The van der Waals surface area contributed by atoms with Gasteiger partial charge in [0.1, 0.15) is 0 Å². The Kier molecular flexibility index (Phi) is 2.71. The molecule has 0 spiro atoms. The number of aryl methyl sites for hydroxylation is 1. The van der Waals surface area contributed by atoms with Gasteiger partial charge in [0.25, 0.3) is 0 Å². The average molecular weight is 206 g/mol. The molecule has 1 heterocycles. The van der Waals surface area contributed by atoms with Crippen molar-refractivity contribution in [2.45, 2.75) is 32.8 Å². The highest BCUT2D eigenvalue weighted by molar-refractivity contribution is 5.73. The minimum Gasteiger partial charge on any atom is -0.487 e. The lowest BCUT2D eigenvalue weighted by Crippen LogP contribution is -2.16. The molecule has 0 atom stereocenters. The van der Waals surface area contributed by atoms with Crippen molar-refractivity contribution in [3.8, 4) is 5.75 Å². The molecule has 0 aromatic heterocycles. The van der Waals surface area contributed by atoms with E-state index >= 15 is 0 Å². The number of benzene rings is 1. The fraction of sp³-hybridized carbons (Fsp3) is 0.500. The number of nitrogens with two attached hydrogens (primary N) is 1. The molecule has 3 heteroatoms. The summed E-state index contributed by atoms with van der Waals surface area (Å²) in [5.41, 5.74) is 9.05. The van der Waals surface area contributed by atoms with E-state index in [0.29, 0.717) is 0 Å². The van der Waals surface area contributed by atoms with E-state index in [9.17, 15) is 0 Å². The van der Waals surface area contributed by atoms with E-state index in [2.05, 4.69) is 11.4 Å². The first-order valence-corrected chi connectivity index (χ1v) is 5.50. The van der Waals surface area contributed by atoms with E-state index in [-0.39, 0.29) is 6.10 Å². The van der Waals surface area contributed by atoms with Gasteiger partial charge in [0.05, 0.1) is 17.5 Å². The molecule has 0 saturated carbocycles. The number of hydrogen-bond acceptors (Lipinski definition) is 3. The van der Waals surface area contributed by atoms with Crippen LogP contribution in [-0.4, -0.2) is 12.6 Å². The van der Waals surface area contributed by atoms with Crippen LogP contribution in [0, 0.1) is 0 Å². The highest BCUT2D eigenvalue weighted by Crippen LogP contribution is 2.37. The zero-order valence-corrected chi connectivity index (χ0v) is 9.34. The SMILES string of the molecule is CC(C)Oc1c(N)ccc2c1NCCC2. The Labute approximate surface area is 90.6 Å². The van der Waals surface area contributed by atoms with Gasteiger partial charge in [-0.15, -0.1) is 0 Å². The molecule has 0 bridgehead atoms. The summed E-state index contributed by atoms with van der Waals surface area (Å²) >= 11 is 0. The van der Waals surface area contributed by atoms with Gasteiger partial charge in [-0.25, -0.2) is 0 Å². The van der Waals surface area contributed by atoms with Crippen molar-refractivity contribution in [2.24, 2.45) is 0 Å². The minimum atomic E-state index is 0.155. The third kappa shape index (κ3) is 2.01. The summed E-state index contributed by atoms with van der Waals surface area (Å²) in [6.45, 7) is 5.04. The normalized spacial score (nSPS) is 14.6. The molecular formula is C12H18N2O. The summed E-state index contributed by atoms with van der Waals surface area (Å²) < 4.78 is 5.76. The van der Waals surface area contributed by atoms with Gasteiger partial charge < -0.3 is 15.8 Å². The lowest BCUT2D eigenvalue weighted by Gasteiger charge is -2.23. The molecule has 0 fully saturated rings. The van der Waals surface area contributed by atoms with Crippen molar-refractivity contribution in [3.05, 3.63) is 17.7 Å². The van der Waals surface area contributed by atoms with E-state index < -0.39 is 0 Å². The number of hydrogen-bond donors (Lipinski definition) is 2. The number of rotatable bonds is 2. The Bertz CT molecular complexity index is 361. The zero-order valence-electron chi connectivity index (χ0n) is 9.34. The summed E-state index contributed by atoms with van der Waals surface area (Å²) in [5.74, 6) is 0.821. The number of nitrogens with one attached hydrogen (secondary N) is 1. The predicted octanol–water partition coefficient (Wildman–Crippen LogP) is 2.41. The molecule has 1 aliphatic heterocycles. The summed E-state index contributed by atoms with van der Waals surface area (Å²) in [4.78, 5) is 0. The van der Waals surface area contributed by atoms with Crippen LogP contribution in [-0.2, 0) is 6.42 Å². The Hall–Kier alpha value is -1.38. The lowest BCUT2D eigenvalue weighted by atomic mass is 10.0. The summed E-state index contributed by atoms with van der Waals surface area (Å²) in [7, 11) is 0. The Morgan fingerprint density at radius 1 is 1.40 bits per heavy atom. The molecule has 0 radical (unpaired) electrons. The summed E-state index contributed by atoms with van der Waals surface area (Å²) in [5, 5.41) is 3.37. The maximum atomic E-state index is 5.93. The van der Waals surface area contributed by atoms with Gasteiger partial charge in [-0.3, -0.25) is 0 Å². The Balaban J connectivity index is 2.41. The van der Waals surface area contributed by atoms with Crippen LogP contribution in [0.4, 0.5) is 11.4 Å². The van der Waals surface area contributed by atoms with Crippen LogP contribution in [0.2, 0.25) is 0 Å². The molecule has 82 valence electrons. The van der Waals surface area contributed by atoms with Crippen molar-refractivity contribution in [2.75, 3.05) is 17.6 Å². The quantitative estimate of drug-likeness (QED) is 0.730. The second kappa shape index (κ2) is 4.01. The molecular weight excluding hydrogens is 188 g/mol. The highest BCUT2D eigenvalue weighted by Gasteiger charge is 2.16. The van der Waals surface area contributed by atoms with Crippen LogP contribution in [0.5, 0.6) is 5.75 Å². The van der Waals surface area contributed by atoms with Crippen LogP contribution < -0.4 is 15.8 Å². The van der Waals surface area contributed by atoms with Crippen LogP contribution in [0.15, 0.2) is 12.1 Å². The predicted molar refractivity (Wildman–Crippen MR) is 63.4 cm³/mol. The molecule has 1 aromatic carbocycles. The smallest absolute Gasteiger partial charge is 0.165 e. The first kappa shape index (κ1) is 10.1. The second-order valence-corrected chi connectivity index (χ2v) is 4.21. The van der Waals surface area contributed by atoms with Gasteiger partial charge in [0.2, 0.25) is 0 Å². The van der Waals surface area contributed by atoms with E-state index in [1.165, 1.54) is 12.0 Å². The average Bonchev–Trinajstić information content (AvgIpc) is 2.22. The van der Waals surface area contributed by atoms with Gasteiger partial charge in [-0.1, -0.05) is 6.07 Å². The van der Waals surface area contributed by atoms with Crippen molar-refractivity contribution in [1.29, 1.82) is 0 Å². The van der Waals surface area contributed by atoms with Gasteiger partial charge in [0, 0.05) is 6.54 Å². The van der Waals surface area contributed by atoms with E-state index in [1.54, 1.807) is 0 Å². The zero-order chi connectivity index (χ0) is 10.8. The monoisotopic (exact) mass is 206 g/mol.